The number of carbonyl (C=O) groups excluding carboxylic acids is 1. The van der Waals surface area contributed by atoms with E-state index in [1.165, 1.54) is 0 Å². The molecule has 12 heavy (non-hydrogen) atoms. The van der Waals surface area contributed by atoms with Crippen LogP contribution >= 0.6 is 0 Å². The fraction of sp³-hybridized carbons (Fsp3) is 0.857. The van der Waals surface area contributed by atoms with Gasteiger partial charge in [0.25, 0.3) is 0 Å². The summed E-state index contributed by atoms with van der Waals surface area (Å²) in [6, 6.07) is -0.265. The van der Waals surface area contributed by atoms with Crippen LogP contribution in [0.4, 0.5) is 13.2 Å². The highest BCUT2D eigenvalue weighted by molar-refractivity contribution is 5.84. The van der Waals surface area contributed by atoms with Crippen LogP contribution in [0.1, 0.15) is 19.3 Å². The van der Waals surface area contributed by atoms with Gasteiger partial charge in [0, 0.05) is 12.5 Å². The van der Waals surface area contributed by atoms with Gasteiger partial charge >= 0.3 is 6.18 Å². The van der Waals surface area contributed by atoms with Crippen molar-refractivity contribution in [3.05, 3.63) is 0 Å². The van der Waals surface area contributed by atoms with Gasteiger partial charge in [-0.25, -0.2) is 0 Å². The number of carbonyl (C=O) groups is 1. The third-order valence-electron chi connectivity index (χ3n) is 1.91. The van der Waals surface area contributed by atoms with E-state index >= 15 is 0 Å². The highest BCUT2D eigenvalue weighted by atomic mass is 19.4. The van der Waals surface area contributed by atoms with Crippen LogP contribution in [0.15, 0.2) is 0 Å². The van der Waals surface area contributed by atoms with Crippen LogP contribution in [0, 0.1) is 0 Å². The molecule has 1 aliphatic rings. The number of alkyl halides is 3. The van der Waals surface area contributed by atoms with Gasteiger partial charge in [-0.15, -0.1) is 0 Å². The van der Waals surface area contributed by atoms with Gasteiger partial charge in [-0.3, -0.25) is 4.79 Å². The van der Waals surface area contributed by atoms with E-state index in [0.29, 0.717) is 6.42 Å². The molecule has 0 amide bonds. The zero-order chi connectivity index (χ0) is 9.19. The molecule has 1 heterocycles. The lowest BCUT2D eigenvalue weighted by Crippen LogP contribution is -2.31. The van der Waals surface area contributed by atoms with Gasteiger partial charge < -0.3 is 5.32 Å². The second-order valence-electron chi connectivity index (χ2n) is 2.92. The summed E-state index contributed by atoms with van der Waals surface area (Å²) >= 11 is 0. The zero-order valence-electron chi connectivity index (χ0n) is 6.45. The van der Waals surface area contributed by atoms with Gasteiger partial charge in [-0.2, -0.15) is 13.2 Å². The topological polar surface area (TPSA) is 29.1 Å². The zero-order valence-corrected chi connectivity index (χ0v) is 6.45. The molecule has 1 aliphatic heterocycles. The summed E-state index contributed by atoms with van der Waals surface area (Å²) in [5.74, 6) is -1.62. The van der Waals surface area contributed by atoms with Crippen LogP contribution in [-0.2, 0) is 4.79 Å². The van der Waals surface area contributed by atoms with Crippen molar-refractivity contribution in [3.8, 4) is 0 Å². The van der Waals surface area contributed by atoms with E-state index in [-0.39, 0.29) is 6.04 Å². The predicted molar refractivity (Wildman–Crippen MR) is 36.7 cm³/mol. The Balaban J connectivity index is 2.35. The van der Waals surface area contributed by atoms with E-state index in [4.69, 9.17) is 0 Å². The first kappa shape index (κ1) is 9.51. The summed E-state index contributed by atoms with van der Waals surface area (Å²) in [5.41, 5.74) is 0. The molecule has 0 aromatic carbocycles. The second kappa shape index (κ2) is 3.43. The van der Waals surface area contributed by atoms with E-state index in [2.05, 4.69) is 5.32 Å². The monoisotopic (exact) mass is 181 g/mol. The maximum atomic E-state index is 11.7. The highest BCUT2D eigenvalue weighted by Crippen LogP contribution is 2.20. The van der Waals surface area contributed by atoms with Crippen LogP contribution in [0.2, 0.25) is 0 Å². The van der Waals surface area contributed by atoms with Gasteiger partial charge in [0.05, 0.1) is 0 Å². The molecule has 0 saturated carbocycles. The summed E-state index contributed by atoms with van der Waals surface area (Å²) in [7, 11) is 0. The van der Waals surface area contributed by atoms with Crippen molar-refractivity contribution in [2.75, 3.05) is 6.54 Å². The molecule has 0 radical (unpaired) electrons. The molecule has 0 spiro atoms. The first-order valence-corrected chi connectivity index (χ1v) is 3.83. The lowest BCUT2D eigenvalue weighted by molar-refractivity contribution is -0.171. The fourth-order valence-corrected chi connectivity index (χ4v) is 1.27. The maximum absolute atomic E-state index is 11.7. The summed E-state index contributed by atoms with van der Waals surface area (Å²) in [4.78, 5) is 10.5. The standard InChI is InChI=1S/C7H10F3NO/c8-7(9,10)6(12)4-5-2-1-3-11-5/h5,11H,1-4H2. The molecule has 1 saturated heterocycles. The summed E-state index contributed by atoms with van der Waals surface area (Å²) in [6.45, 7) is 0.718. The lowest BCUT2D eigenvalue weighted by atomic mass is 10.1. The number of hydrogen-bond donors (Lipinski definition) is 1. The Labute approximate surface area is 68.1 Å². The van der Waals surface area contributed by atoms with Crippen LogP contribution in [0.3, 0.4) is 0 Å². The normalized spacial score (nSPS) is 24.4. The number of rotatable bonds is 2. The molecule has 1 unspecified atom stereocenters. The highest BCUT2D eigenvalue weighted by Gasteiger charge is 2.39. The van der Waals surface area contributed by atoms with E-state index in [1.807, 2.05) is 0 Å². The Hall–Kier alpha value is -0.580. The molecule has 5 heteroatoms. The smallest absolute Gasteiger partial charge is 0.314 e. The van der Waals surface area contributed by atoms with Crippen molar-refractivity contribution in [1.82, 2.24) is 5.32 Å². The van der Waals surface area contributed by atoms with Crippen molar-refractivity contribution >= 4 is 5.78 Å². The van der Waals surface area contributed by atoms with Crippen molar-refractivity contribution in [3.63, 3.8) is 0 Å². The third kappa shape index (κ3) is 2.48. The summed E-state index contributed by atoms with van der Waals surface area (Å²) in [5, 5.41) is 2.84. The molecular formula is C7H10F3NO. The maximum Gasteiger partial charge on any atom is 0.450 e. The minimum atomic E-state index is -4.66. The fourth-order valence-electron chi connectivity index (χ4n) is 1.27. The molecular weight excluding hydrogens is 171 g/mol. The Morgan fingerprint density at radius 3 is 2.58 bits per heavy atom. The van der Waals surface area contributed by atoms with Crippen molar-refractivity contribution < 1.29 is 18.0 Å². The number of halogens is 3. The molecule has 70 valence electrons. The molecule has 1 N–H and O–H groups in total. The number of Topliss-reactive ketones (excluding diaryl/α,β-unsaturated/α-hetero) is 1. The van der Waals surface area contributed by atoms with Crippen LogP contribution < -0.4 is 5.32 Å². The van der Waals surface area contributed by atoms with Crippen LogP contribution in [-0.4, -0.2) is 24.5 Å². The summed E-state index contributed by atoms with van der Waals surface area (Å²) in [6.07, 6.45) is -3.55. The van der Waals surface area contributed by atoms with Crippen molar-refractivity contribution in [2.24, 2.45) is 0 Å². The predicted octanol–water partition coefficient (Wildman–Crippen LogP) is 1.26. The van der Waals surface area contributed by atoms with E-state index in [0.717, 1.165) is 13.0 Å². The van der Waals surface area contributed by atoms with Gasteiger partial charge in [0.15, 0.2) is 0 Å². The largest absolute Gasteiger partial charge is 0.450 e. The molecule has 0 aliphatic carbocycles. The molecule has 0 aromatic rings. The minimum Gasteiger partial charge on any atom is -0.314 e. The first-order valence-electron chi connectivity index (χ1n) is 3.83. The van der Waals surface area contributed by atoms with E-state index < -0.39 is 18.4 Å². The number of nitrogens with one attached hydrogen (secondary N) is 1. The van der Waals surface area contributed by atoms with Crippen molar-refractivity contribution in [1.29, 1.82) is 0 Å². The molecule has 1 rings (SSSR count). The summed E-state index contributed by atoms with van der Waals surface area (Å²) < 4.78 is 35.2. The van der Waals surface area contributed by atoms with Crippen molar-refractivity contribution in [2.45, 2.75) is 31.5 Å². The Morgan fingerprint density at radius 1 is 1.50 bits per heavy atom. The van der Waals surface area contributed by atoms with E-state index in [1.54, 1.807) is 0 Å². The first-order chi connectivity index (χ1) is 5.50. The quantitative estimate of drug-likeness (QED) is 0.694. The van der Waals surface area contributed by atoms with Gasteiger partial charge in [-0.1, -0.05) is 0 Å². The second-order valence-corrected chi connectivity index (χ2v) is 2.92. The SMILES string of the molecule is O=C(CC1CCCN1)C(F)(F)F. The number of hydrogen-bond acceptors (Lipinski definition) is 2. The third-order valence-corrected chi connectivity index (χ3v) is 1.91. The average molecular weight is 181 g/mol. The van der Waals surface area contributed by atoms with Crippen LogP contribution in [0.5, 0.6) is 0 Å². The molecule has 0 bridgehead atoms. The van der Waals surface area contributed by atoms with Crippen LogP contribution in [0.25, 0.3) is 0 Å². The molecule has 0 aromatic heterocycles. The minimum absolute atomic E-state index is 0.265. The lowest BCUT2D eigenvalue weighted by Gasteiger charge is -2.10. The Kier molecular flexibility index (Phi) is 2.72. The Morgan fingerprint density at radius 2 is 2.17 bits per heavy atom. The van der Waals surface area contributed by atoms with E-state index in [9.17, 15) is 18.0 Å². The van der Waals surface area contributed by atoms with Gasteiger partial charge in [0.1, 0.15) is 0 Å². The number of ketones is 1. The molecule has 1 atom stereocenters. The van der Waals surface area contributed by atoms with Gasteiger partial charge in [-0.05, 0) is 19.4 Å². The molecule has 1 fully saturated rings. The Bertz CT molecular complexity index is 172. The van der Waals surface area contributed by atoms with Gasteiger partial charge in [0.2, 0.25) is 5.78 Å². The molecule has 2 nitrogen and oxygen atoms in total. The average Bonchev–Trinajstić information content (AvgIpc) is 2.37.